The number of ether oxygens (including phenoxy) is 1. The van der Waals surface area contributed by atoms with Crippen LogP contribution in [0.25, 0.3) is 0 Å². The molecule has 0 heterocycles. The molecule has 0 aromatic rings. The highest BCUT2D eigenvalue weighted by Gasteiger charge is 2.03. The molecule has 0 N–H and O–H groups in total. The third-order valence-electron chi connectivity index (χ3n) is 0.980. The van der Waals surface area contributed by atoms with Crippen LogP contribution in [0.15, 0.2) is 36.1 Å². The Morgan fingerprint density at radius 1 is 1.64 bits per heavy atom. The van der Waals surface area contributed by atoms with Gasteiger partial charge < -0.3 is 4.74 Å². The zero-order valence-corrected chi connectivity index (χ0v) is 6.97. The van der Waals surface area contributed by atoms with Crippen LogP contribution in [-0.4, -0.2) is 5.97 Å². The minimum Gasteiger partial charge on any atom is -0.432 e. The molecule has 2 nitrogen and oxygen atoms in total. The van der Waals surface area contributed by atoms with Gasteiger partial charge in [0, 0.05) is 5.54 Å². The number of rotatable bonds is 3. The van der Waals surface area contributed by atoms with Crippen molar-refractivity contribution in [3.63, 3.8) is 0 Å². The Balaban J connectivity index is 4.27. The van der Waals surface area contributed by atoms with Crippen LogP contribution >= 0.6 is 11.6 Å². The highest BCUT2D eigenvalue weighted by molar-refractivity contribution is 6.25. The van der Waals surface area contributed by atoms with Crippen molar-refractivity contribution < 1.29 is 9.53 Å². The van der Waals surface area contributed by atoms with E-state index < -0.39 is 5.97 Å². The number of esters is 1. The van der Waals surface area contributed by atoms with E-state index >= 15 is 0 Å². The van der Waals surface area contributed by atoms with Gasteiger partial charge >= 0.3 is 5.97 Å². The number of carbonyl (C=O) groups excluding carboxylic acids is 1. The summed E-state index contributed by atoms with van der Waals surface area (Å²) in [5.74, 6) is -0.459. The lowest BCUT2D eigenvalue weighted by molar-refractivity contribution is -0.133. The van der Waals surface area contributed by atoms with Crippen molar-refractivity contribution in [1.82, 2.24) is 0 Å². The van der Waals surface area contributed by atoms with E-state index in [4.69, 9.17) is 11.6 Å². The van der Waals surface area contributed by atoms with Crippen LogP contribution in [0.1, 0.15) is 6.92 Å². The Kier molecular flexibility index (Phi) is 5.21. The quantitative estimate of drug-likeness (QED) is 0.283. The zero-order valence-electron chi connectivity index (χ0n) is 6.21. The second-order valence-corrected chi connectivity index (χ2v) is 1.86. The first kappa shape index (κ1) is 9.98. The highest BCUT2D eigenvalue weighted by atomic mass is 35.5. The first-order valence-electron chi connectivity index (χ1n) is 3.01. The van der Waals surface area contributed by atoms with Crippen LogP contribution in [-0.2, 0) is 9.53 Å². The van der Waals surface area contributed by atoms with Gasteiger partial charge in [-0.2, -0.15) is 0 Å². The van der Waals surface area contributed by atoms with E-state index in [1.165, 1.54) is 11.6 Å². The van der Waals surface area contributed by atoms with Crippen molar-refractivity contribution in [3.8, 4) is 0 Å². The standard InChI is InChI=1S/C8H9ClO2/c1-3-7(5-6-9)8(10)11-4-2/h3-6H,2H2,1H3. The molecule has 0 spiro atoms. The predicted molar refractivity (Wildman–Crippen MR) is 45.0 cm³/mol. The number of hydrogen-bond donors (Lipinski definition) is 0. The van der Waals surface area contributed by atoms with Crippen LogP contribution in [0.3, 0.4) is 0 Å². The summed E-state index contributed by atoms with van der Waals surface area (Å²) in [6.45, 7) is 4.97. The van der Waals surface area contributed by atoms with Gasteiger partial charge in [0.15, 0.2) is 0 Å². The molecule has 0 unspecified atom stereocenters. The van der Waals surface area contributed by atoms with E-state index in [1.54, 1.807) is 13.0 Å². The largest absolute Gasteiger partial charge is 0.432 e. The van der Waals surface area contributed by atoms with Gasteiger partial charge in [-0.15, -0.1) is 0 Å². The number of carbonyl (C=O) groups is 1. The normalized spacial score (nSPS) is 11.6. The van der Waals surface area contributed by atoms with Gasteiger partial charge in [-0.1, -0.05) is 24.3 Å². The molecule has 0 aromatic carbocycles. The minimum absolute atomic E-state index is 0.403. The van der Waals surface area contributed by atoms with Crippen molar-refractivity contribution >= 4 is 17.6 Å². The lowest BCUT2D eigenvalue weighted by atomic mass is 10.2. The summed E-state index contributed by atoms with van der Waals surface area (Å²) in [6, 6.07) is 0. The Morgan fingerprint density at radius 3 is 2.64 bits per heavy atom. The minimum atomic E-state index is -0.459. The molecule has 60 valence electrons. The maximum atomic E-state index is 10.9. The predicted octanol–water partition coefficient (Wildman–Crippen LogP) is 2.37. The molecule has 0 aliphatic carbocycles. The molecule has 0 saturated heterocycles. The van der Waals surface area contributed by atoms with Crippen molar-refractivity contribution in [1.29, 1.82) is 0 Å². The number of hydrogen-bond acceptors (Lipinski definition) is 2. The van der Waals surface area contributed by atoms with Crippen molar-refractivity contribution in [2.75, 3.05) is 0 Å². The third kappa shape index (κ3) is 3.63. The van der Waals surface area contributed by atoms with Crippen LogP contribution < -0.4 is 0 Å². The Morgan fingerprint density at radius 2 is 2.27 bits per heavy atom. The summed E-state index contributed by atoms with van der Waals surface area (Å²) < 4.78 is 4.49. The summed E-state index contributed by atoms with van der Waals surface area (Å²) >= 11 is 5.26. The maximum absolute atomic E-state index is 10.9. The Bertz CT molecular complexity index is 204. The summed E-state index contributed by atoms with van der Waals surface area (Å²) in [5.41, 5.74) is 1.65. The van der Waals surface area contributed by atoms with Crippen molar-refractivity contribution in [3.05, 3.63) is 36.1 Å². The fraction of sp³-hybridized carbons (Fsp3) is 0.125. The van der Waals surface area contributed by atoms with Gasteiger partial charge in [-0.05, 0) is 13.0 Å². The molecule has 0 amide bonds. The molecular formula is C8H9ClO2. The second kappa shape index (κ2) is 5.74. The van der Waals surface area contributed by atoms with Crippen LogP contribution in [0.4, 0.5) is 0 Å². The molecule has 0 saturated carbocycles. The monoisotopic (exact) mass is 172 g/mol. The highest BCUT2D eigenvalue weighted by Crippen LogP contribution is 2.01. The topological polar surface area (TPSA) is 26.3 Å². The van der Waals surface area contributed by atoms with Gasteiger partial charge in [0.1, 0.15) is 0 Å². The molecule has 0 aromatic heterocycles. The zero-order chi connectivity index (χ0) is 8.69. The SMILES string of the molecule is C=COC(=O)C(C=CCl)=CC. The van der Waals surface area contributed by atoms with Crippen LogP contribution in [0, 0.1) is 0 Å². The van der Waals surface area contributed by atoms with E-state index in [2.05, 4.69) is 11.3 Å². The molecule has 0 atom stereocenters. The van der Waals surface area contributed by atoms with Gasteiger partial charge in [-0.25, -0.2) is 4.79 Å². The van der Waals surface area contributed by atoms with Gasteiger partial charge in [0.25, 0.3) is 0 Å². The smallest absolute Gasteiger partial charge is 0.342 e. The van der Waals surface area contributed by atoms with Crippen molar-refractivity contribution in [2.45, 2.75) is 6.92 Å². The Labute approximate surface area is 70.8 Å². The lowest BCUT2D eigenvalue weighted by Crippen LogP contribution is -2.00. The lowest BCUT2D eigenvalue weighted by Gasteiger charge is -1.96. The summed E-state index contributed by atoms with van der Waals surface area (Å²) in [4.78, 5) is 10.9. The van der Waals surface area contributed by atoms with Gasteiger partial charge in [0.2, 0.25) is 0 Å². The maximum Gasteiger partial charge on any atom is 0.342 e. The summed E-state index contributed by atoms with van der Waals surface area (Å²) in [6.07, 6.45) is 4.13. The Hall–Kier alpha value is -1.02. The molecular weight excluding hydrogens is 164 g/mol. The fourth-order valence-electron chi connectivity index (χ4n) is 0.494. The molecule has 0 aliphatic heterocycles. The molecule has 0 bridgehead atoms. The molecule has 0 rings (SSSR count). The molecule has 0 radical (unpaired) electrons. The molecule has 3 heteroatoms. The van der Waals surface area contributed by atoms with E-state index in [0.717, 1.165) is 6.26 Å². The molecule has 0 fully saturated rings. The third-order valence-corrected chi connectivity index (χ3v) is 1.11. The molecule has 0 aliphatic rings. The van der Waals surface area contributed by atoms with Crippen LogP contribution in [0.5, 0.6) is 0 Å². The van der Waals surface area contributed by atoms with Crippen molar-refractivity contribution in [2.24, 2.45) is 0 Å². The van der Waals surface area contributed by atoms with E-state index in [9.17, 15) is 4.79 Å². The number of allylic oxidation sites excluding steroid dienone is 1. The second-order valence-electron chi connectivity index (χ2n) is 1.61. The van der Waals surface area contributed by atoms with E-state index in [1.807, 2.05) is 0 Å². The van der Waals surface area contributed by atoms with Gasteiger partial charge in [0.05, 0.1) is 11.8 Å². The van der Waals surface area contributed by atoms with Gasteiger partial charge in [-0.3, -0.25) is 0 Å². The van der Waals surface area contributed by atoms with E-state index in [-0.39, 0.29) is 0 Å². The molecule has 11 heavy (non-hydrogen) atoms. The summed E-state index contributed by atoms with van der Waals surface area (Å²) in [5, 5.41) is 0. The first-order chi connectivity index (χ1) is 5.26. The van der Waals surface area contributed by atoms with Crippen LogP contribution in [0.2, 0.25) is 0 Å². The summed E-state index contributed by atoms with van der Waals surface area (Å²) in [7, 11) is 0. The van der Waals surface area contributed by atoms with E-state index in [0.29, 0.717) is 5.57 Å². The average molecular weight is 173 g/mol. The fourth-order valence-corrected chi connectivity index (χ4v) is 0.629. The first-order valence-corrected chi connectivity index (χ1v) is 3.44. The number of halogens is 1. The average Bonchev–Trinajstić information content (AvgIpc) is 2.00.